The number of carbonyl (C=O) groups excluding carboxylic acids is 2. The third kappa shape index (κ3) is 6.82. The highest BCUT2D eigenvalue weighted by molar-refractivity contribution is 6.03. The average molecular weight is 362 g/mol. The summed E-state index contributed by atoms with van der Waals surface area (Å²) >= 11 is 0. The normalized spacial score (nSPS) is 12.7. The zero-order chi connectivity index (χ0) is 19.4. The molecule has 0 aliphatic heterocycles. The standard InChI is InChI=1S/C20H26O6/c1-3-5-9-13-25-19(23)15-10-7-8-11-16(15)20(24)26-18(12-6-4-2)17(22)14-21/h3-4,7-8,10-11,17-18,21-22H,1-2,5-6,9,12-14H2/t17-,18+/m1/s1. The highest BCUT2D eigenvalue weighted by Gasteiger charge is 2.25. The van der Waals surface area contributed by atoms with Crippen LogP contribution in [0.15, 0.2) is 49.6 Å². The van der Waals surface area contributed by atoms with Gasteiger partial charge in [-0.15, -0.1) is 13.2 Å². The topological polar surface area (TPSA) is 93.1 Å². The van der Waals surface area contributed by atoms with Gasteiger partial charge in [0.2, 0.25) is 0 Å². The molecule has 1 aromatic carbocycles. The van der Waals surface area contributed by atoms with Gasteiger partial charge in [-0.25, -0.2) is 9.59 Å². The summed E-state index contributed by atoms with van der Waals surface area (Å²) in [5, 5.41) is 18.9. The lowest BCUT2D eigenvalue weighted by Crippen LogP contribution is -2.34. The molecular weight excluding hydrogens is 336 g/mol. The predicted molar refractivity (Wildman–Crippen MR) is 97.9 cm³/mol. The molecule has 26 heavy (non-hydrogen) atoms. The number of ether oxygens (including phenoxy) is 2. The summed E-state index contributed by atoms with van der Waals surface area (Å²) in [5.41, 5.74) is 0.145. The van der Waals surface area contributed by atoms with Crippen LogP contribution in [0.4, 0.5) is 0 Å². The summed E-state index contributed by atoms with van der Waals surface area (Å²) in [4.78, 5) is 24.7. The van der Waals surface area contributed by atoms with E-state index in [1.807, 2.05) is 0 Å². The Morgan fingerprint density at radius 3 is 2.27 bits per heavy atom. The molecule has 6 nitrogen and oxygen atoms in total. The molecular formula is C20H26O6. The van der Waals surface area contributed by atoms with Crippen molar-refractivity contribution in [2.45, 2.75) is 37.9 Å². The number of hydrogen-bond donors (Lipinski definition) is 2. The van der Waals surface area contributed by atoms with E-state index < -0.39 is 30.8 Å². The van der Waals surface area contributed by atoms with Crippen LogP contribution in [0.1, 0.15) is 46.4 Å². The molecule has 0 heterocycles. The van der Waals surface area contributed by atoms with Gasteiger partial charge in [-0.1, -0.05) is 24.3 Å². The van der Waals surface area contributed by atoms with Crippen LogP contribution in [0.25, 0.3) is 0 Å². The Morgan fingerprint density at radius 1 is 1.08 bits per heavy atom. The van der Waals surface area contributed by atoms with Crippen molar-refractivity contribution in [2.24, 2.45) is 0 Å². The van der Waals surface area contributed by atoms with Gasteiger partial charge >= 0.3 is 11.9 Å². The van der Waals surface area contributed by atoms with Crippen LogP contribution in [-0.4, -0.2) is 47.6 Å². The smallest absolute Gasteiger partial charge is 0.339 e. The lowest BCUT2D eigenvalue weighted by atomic mass is 10.1. The number of esters is 2. The minimum Gasteiger partial charge on any atom is -0.462 e. The molecule has 2 atom stereocenters. The Morgan fingerprint density at radius 2 is 1.69 bits per heavy atom. The summed E-state index contributed by atoms with van der Waals surface area (Å²) in [6.45, 7) is 6.86. The number of rotatable bonds is 12. The summed E-state index contributed by atoms with van der Waals surface area (Å²) in [6.07, 6.45) is 3.43. The Kier molecular flexibility index (Phi) is 9.97. The van der Waals surface area contributed by atoms with Crippen molar-refractivity contribution in [1.82, 2.24) is 0 Å². The molecule has 0 fully saturated rings. The maximum absolute atomic E-state index is 12.5. The Bertz CT molecular complexity index is 610. The zero-order valence-electron chi connectivity index (χ0n) is 14.8. The Hall–Kier alpha value is -2.44. The summed E-state index contributed by atoms with van der Waals surface area (Å²) in [7, 11) is 0. The molecule has 2 N–H and O–H groups in total. The van der Waals surface area contributed by atoms with Crippen LogP contribution in [0, 0.1) is 0 Å². The van der Waals surface area contributed by atoms with Crippen molar-refractivity contribution in [3.63, 3.8) is 0 Å². The average Bonchev–Trinajstić information content (AvgIpc) is 2.67. The first kappa shape index (κ1) is 21.6. The fourth-order valence-corrected chi connectivity index (χ4v) is 2.24. The fourth-order valence-electron chi connectivity index (χ4n) is 2.24. The van der Waals surface area contributed by atoms with Gasteiger partial charge in [-0.2, -0.15) is 0 Å². The van der Waals surface area contributed by atoms with Crippen LogP contribution in [0.5, 0.6) is 0 Å². The van der Waals surface area contributed by atoms with E-state index in [9.17, 15) is 14.7 Å². The lowest BCUT2D eigenvalue weighted by molar-refractivity contribution is -0.0396. The van der Waals surface area contributed by atoms with E-state index in [-0.39, 0.29) is 17.7 Å². The molecule has 0 aliphatic carbocycles. The third-order valence-electron chi connectivity index (χ3n) is 3.68. The number of carbonyl (C=O) groups is 2. The second-order valence-corrected chi connectivity index (χ2v) is 5.67. The van der Waals surface area contributed by atoms with E-state index >= 15 is 0 Å². The molecule has 1 aromatic rings. The minimum atomic E-state index is -1.21. The van der Waals surface area contributed by atoms with E-state index in [4.69, 9.17) is 14.6 Å². The second-order valence-electron chi connectivity index (χ2n) is 5.67. The van der Waals surface area contributed by atoms with Gasteiger partial charge in [0.25, 0.3) is 0 Å². The quantitative estimate of drug-likeness (QED) is 0.337. The molecule has 0 aliphatic rings. The van der Waals surface area contributed by atoms with Crippen molar-refractivity contribution < 1.29 is 29.3 Å². The minimum absolute atomic E-state index is 0.0509. The van der Waals surface area contributed by atoms with Gasteiger partial charge < -0.3 is 19.7 Å². The van der Waals surface area contributed by atoms with Crippen LogP contribution < -0.4 is 0 Å². The maximum atomic E-state index is 12.5. The SMILES string of the molecule is C=CCCCOC(=O)c1ccccc1C(=O)O[C@@H](CCC=C)[C@H](O)CO. The molecule has 0 aromatic heterocycles. The maximum Gasteiger partial charge on any atom is 0.339 e. The third-order valence-corrected chi connectivity index (χ3v) is 3.68. The lowest BCUT2D eigenvalue weighted by Gasteiger charge is -2.22. The van der Waals surface area contributed by atoms with Crippen molar-refractivity contribution in [2.75, 3.05) is 13.2 Å². The van der Waals surface area contributed by atoms with Gasteiger partial charge in [0.1, 0.15) is 12.2 Å². The highest BCUT2D eigenvalue weighted by atomic mass is 16.6. The fraction of sp³-hybridized carbons (Fsp3) is 0.400. The largest absolute Gasteiger partial charge is 0.462 e. The van der Waals surface area contributed by atoms with Crippen molar-refractivity contribution >= 4 is 11.9 Å². The first-order valence-electron chi connectivity index (χ1n) is 8.53. The van der Waals surface area contributed by atoms with E-state index in [0.717, 1.165) is 6.42 Å². The molecule has 0 amide bonds. The van der Waals surface area contributed by atoms with Crippen molar-refractivity contribution in [3.05, 3.63) is 60.7 Å². The number of benzene rings is 1. The Balaban J connectivity index is 2.85. The van der Waals surface area contributed by atoms with E-state index in [2.05, 4.69) is 13.2 Å². The second kappa shape index (κ2) is 12.0. The molecule has 0 unspecified atom stereocenters. The monoisotopic (exact) mass is 362 g/mol. The van der Waals surface area contributed by atoms with Gasteiger partial charge in [0.05, 0.1) is 24.3 Å². The van der Waals surface area contributed by atoms with E-state index in [0.29, 0.717) is 19.3 Å². The summed E-state index contributed by atoms with van der Waals surface area (Å²) in [5.74, 6) is -1.38. The predicted octanol–water partition coefficient (Wildman–Crippen LogP) is 2.65. The number of aliphatic hydroxyl groups is 2. The molecule has 0 radical (unpaired) electrons. The first-order valence-corrected chi connectivity index (χ1v) is 8.53. The molecule has 0 bridgehead atoms. The van der Waals surface area contributed by atoms with Gasteiger partial charge in [0.15, 0.2) is 0 Å². The van der Waals surface area contributed by atoms with Crippen LogP contribution >= 0.6 is 0 Å². The van der Waals surface area contributed by atoms with E-state index in [1.54, 1.807) is 24.3 Å². The number of unbranched alkanes of at least 4 members (excludes halogenated alkanes) is 1. The molecule has 0 saturated heterocycles. The summed E-state index contributed by atoms with van der Waals surface area (Å²) < 4.78 is 10.5. The number of aliphatic hydroxyl groups excluding tert-OH is 2. The number of hydrogen-bond acceptors (Lipinski definition) is 6. The van der Waals surface area contributed by atoms with Crippen LogP contribution in [0.3, 0.4) is 0 Å². The molecule has 0 spiro atoms. The number of allylic oxidation sites excluding steroid dienone is 2. The van der Waals surface area contributed by atoms with Crippen molar-refractivity contribution in [1.29, 1.82) is 0 Å². The van der Waals surface area contributed by atoms with Crippen LogP contribution in [0.2, 0.25) is 0 Å². The highest BCUT2D eigenvalue weighted by Crippen LogP contribution is 2.16. The zero-order valence-corrected chi connectivity index (χ0v) is 14.8. The van der Waals surface area contributed by atoms with Crippen molar-refractivity contribution in [3.8, 4) is 0 Å². The van der Waals surface area contributed by atoms with Gasteiger partial charge in [-0.05, 0) is 37.8 Å². The molecule has 6 heteroatoms. The first-order chi connectivity index (χ1) is 12.5. The molecule has 142 valence electrons. The summed E-state index contributed by atoms with van der Waals surface area (Å²) in [6, 6.07) is 6.16. The van der Waals surface area contributed by atoms with Gasteiger partial charge in [-0.3, -0.25) is 0 Å². The molecule has 1 rings (SSSR count). The Labute approximate surface area is 153 Å². The molecule has 0 saturated carbocycles. The van der Waals surface area contributed by atoms with Gasteiger partial charge in [0, 0.05) is 0 Å². The van der Waals surface area contributed by atoms with E-state index in [1.165, 1.54) is 12.1 Å². The van der Waals surface area contributed by atoms with Crippen LogP contribution in [-0.2, 0) is 9.47 Å².